The van der Waals surface area contributed by atoms with Crippen LogP contribution in [0.4, 0.5) is 0 Å². The van der Waals surface area contributed by atoms with Gasteiger partial charge < -0.3 is 10.5 Å². The van der Waals surface area contributed by atoms with Crippen LogP contribution in [0.1, 0.15) is 32.1 Å². The first-order chi connectivity index (χ1) is 6.83. The lowest BCUT2D eigenvalue weighted by molar-refractivity contribution is 0.00233. The lowest BCUT2D eigenvalue weighted by atomic mass is 9.90. The molecule has 4 atom stereocenters. The molecule has 0 amide bonds. The van der Waals surface area contributed by atoms with Crippen molar-refractivity contribution < 1.29 is 4.74 Å². The minimum absolute atomic E-state index is 0.453. The minimum atomic E-state index is 0.453. The second-order valence-electron chi connectivity index (χ2n) is 5.12. The van der Waals surface area contributed by atoms with Crippen LogP contribution in [0.5, 0.6) is 0 Å². The molecule has 0 aromatic carbocycles. The molecule has 2 N–H and O–H groups in total. The van der Waals surface area contributed by atoms with Crippen molar-refractivity contribution in [3.8, 4) is 0 Å². The fourth-order valence-electron chi connectivity index (χ4n) is 3.38. The van der Waals surface area contributed by atoms with E-state index in [2.05, 4.69) is 4.90 Å². The molecule has 0 spiro atoms. The Hall–Kier alpha value is -0.120. The van der Waals surface area contributed by atoms with E-state index in [1.54, 1.807) is 0 Å². The summed E-state index contributed by atoms with van der Waals surface area (Å²) in [6.45, 7) is 2.14. The van der Waals surface area contributed by atoms with Crippen LogP contribution in [0.2, 0.25) is 0 Å². The number of ether oxygens (including phenoxy) is 1. The third-order valence-corrected chi connectivity index (χ3v) is 4.10. The van der Waals surface area contributed by atoms with Crippen LogP contribution >= 0.6 is 0 Å². The highest BCUT2D eigenvalue weighted by Crippen LogP contribution is 2.33. The number of hydrogen-bond donors (Lipinski definition) is 1. The number of nitrogens with two attached hydrogens (primary N) is 1. The Bertz CT molecular complexity index is 221. The summed E-state index contributed by atoms with van der Waals surface area (Å²) in [4.78, 5) is 2.67. The largest absolute Gasteiger partial charge is 0.375 e. The van der Waals surface area contributed by atoms with Gasteiger partial charge in [-0.3, -0.25) is 4.90 Å². The summed E-state index contributed by atoms with van der Waals surface area (Å²) < 4.78 is 5.63. The smallest absolute Gasteiger partial charge is 0.0718 e. The van der Waals surface area contributed by atoms with E-state index in [1.165, 1.54) is 38.6 Å². The summed E-state index contributed by atoms with van der Waals surface area (Å²) in [7, 11) is 0. The number of likely N-dealkylation sites (tertiary alicyclic amines) is 1. The van der Waals surface area contributed by atoms with Crippen molar-refractivity contribution >= 4 is 0 Å². The predicted molar refractivity (Wildman–Crippen MR) is 55.1 cm³/mol. The molecule has 2 saturated heterocycles. The van der Waals surface area contributed by atoms with E-state index in [9.17, 15) is 0 Å². The molecular weight excluding hydrogens is 176 g/mol. The molecule has 3 heteroatoms. The Balaban J connectivity index is 1.65. The van der Waals surface area contributed by atoms with E-state index in [0.29, 0.717) is 12.1 Å². The van der Waals surface area contributed by atoms with Crippen LogP contribution in [0, 0.1) is 0 Å². The highest BCUT2D eigenvalue weighted by molar-refractivity contribution is 4.96. The van der Waals surface area contributed by atoms with Crippen LogP contribution < -0.4 is 5.73 Å². The Morgan fingerprint density at radius 2 is 2.07 bits per heavy atom. The normalized spacial score (nSPS) is 48.6. The van der Waals surface area contributed by atoms with E-state index in [-0.39, 0.29) is 0 Å². The van der Waals surface area contributed by atoms with Gasteiger partial charge in [-0.1, -0.05) is 6.42 Å². The van der Waals surface area contributed by atoms with Crippen molar-refractivity contribution in [2.75, 3.05) is 13.2 Å². The standard InChI is InChI=1S/C11H20N2O/c12-8-2-1-3-9(4-8)13-6-11-5-10(13)7-14-11/h8-11H,1-7,12H2. The van der Waals surface area contributed by atoms with Gasteiger partial charge in [-0.25, -0.2) is 0 Å². The second-order valence-corrected chi connectivity index (χ2v) is 5.12. The molecule has 1 saturated carbocycles. The summed E-state index contributed by atoms with van der Waals surface area (Å²) >= 11 is 0. The van der Waals surface area contributed by atoms with Gasteiger partial charge in [0.2, 0.25) is 0 Å². The maximum absolute atomic E-state index is 6.03. The van der Waals surface area contributed by atoms with Crippen molar-refractivity contribution in [2.24, 2.45) is 5.73 Å². The van der Waals surface area contributed by atoms with Gasteiger partial charge in [0.25, 0.3) is 0 Å². The molecule has 0 radical (unpaired) electrons. The van der Waals surface area contributed by atoms with Crippen molar-refractivity contribution in [1.82, 2.24) is 4.90 Å². The Kier molecular flexibility index (Phi) is 2.26. The summed E-state index contributed by atoms with van der Waals surface area (Å²) in [5.41, 5.74) is 6.03. The zero-order valence-electron chi connectivity index (χ0n) is 8.69. The highest BCUT2D eigenvalue weighted by atomic mass is 16.5. The van der Waals surface area contributed by atoms with Crippen molar-refractivity contribution in [1.29, 1.82) is 0 Å². The van der Waals surface area contributed by atoms with Crippen LogP contribution in [0.3, 0.4) is 0 Å². The molecular formula is C11H20N2O. The number of morpholine rings is 1. The first-order valence-corrected chi connectivity index (χ1v) is 5.96. The molecule has 3 aliphatic rings. The molecule has 3 rings (SSSR count). The lowest BCUT2D eigenvalue weighted by Gasteiger charge is -2.38. The van der Waals surface area contributed by atoms with E-state index in [4.69, 9.17) is 10.5 Å². The fraction of sp³-hybridized carbons (Fsp3) is 1.00. The van der Waals surface area contributed by atoms with E-state index < -0.39 is 0 Å². The number of fused-ring (bicyclic) bond motifs is 2. The molecule has 0 aromatic heterocycles. The molecule has 4 unspecified atom stereocenters. The van der Waals surface area contributed by atoms with Gasteiger partial charge in [0.15, 0.2) is 0 Å². The van der Waals surface area contributed by atoms with Gasteiger partial charge in [0, 0.05) is 24.7 Å². The molecule has 0 aromatic rings. The minimum Gasteiger partial charge on any atom is -0.375 e. The summed E-state index contributed by atoms with van der Waals surface area (Å²) in [6, 6.07) is 1.93. The average Bonchev–Trinajstić information content (AvgIpc) is 2.78. The average molecular weight is 196 g/mol. The molecule has 2 aliphatic heterocycles. The number of nitrogens with zero attached hydrogens (tertiary/aromatic N) is 1. The van der Waals surface area contributed by atoms with E-state index in [0.717, 1.165) is 18.7 Å². The Morgan fingerprint density at radius 1 is 1.14 bits per heavy atom. The van der Waals surface area contributed by atoms with E-state index in [1.807, 2.05) is 0 Å². The lowest BCUT2D eigenvalue weighted by Crippen LogP contribution is -2.48. The second kappa shape index (κ2) is 3.47. The quantitative estimate of drug-likeness (QED) is 0.672. The molecule has 3 fully saturated rings. The summed E-state index contributed by atoms with van der Waals surface area (Å²) in [5.74, 6) is 0. The van der Waals surface area contributed by atoms with Gasteiger partial charge in [-0.15, -0.1) is 0 Å². The highest BCUT2D eigenvalue weighted by Gasteiger charge is 2.42. The SMILES string of the molecule is NC1CCCC(N2CC3CC2CO3)C1. The van der Waals surface area contributed by atoms with Gasteiger partial charge >= 0.3 is 0 Å². The third-order valence-electron chi connectivity index (χ3n) is 4.10. The molecule has 2 bridgehead atoms. The molecule has 1 aliphatic carbocycles. The van der Waals surface area contributed by atoms with E-state index >= 15 is 0 Å². The van der Waals surface area contributed by atoms with Gasteiger partial charge in [-0.05, 0) is 25.7 Å². The number of rotatable bonds is 1. The molecule has 3 nitrogen and oxygen atoms in total. The summed E-state index contributed by atoms with van der Waals surface area (Å²) in [6.07, 6.45) is 6.93. The van der Waals surface area contributed by atoms with Crippen LogP contribution in [-0.4, -0.2) is 42.3 Å². The Morgan fingerprint density at radius 3 is 2.71 bits per heavy atom. The van der Waals surface area contributed by atoms with Crippen LogP contribution in [-0.2, 0) is 4.74 Å². The van der Waals surface area contributed by atoms with Gasteiger partial charge in [0.05, 0.1) is 12.7 Å². The zero-order valence-corrected chi connectivity index (χ0v) is 8.69. The van der Waals surface area contributed by atoms with Crippen LogP contribution in [0.25, 0.3) is 0 Å². The molecule has 80 valence electrons. The first kappa shape index (κ1) is 9.13. The third kappa shape index (κ3) is 1.47. The van der Waals surface area contributed by atoms with Crippen molar-refractivity contribution in [3.63, 3.8) is 0 Å². The maximum atomic E-state index is 6.03. The molecule has 14 heavy (non-hydrogen) atoms. The van der Waals surface area contributed by atoms with Crippen molar-refractivity contribution in [2.45, 2.75) is 56.3 Å². The van der Waals surface area contributed by atoms with Crippen molar-refractivity contribution in [3.05, 3.63) is 0 Å². The van der Waals surface area contributed by atoms with Gasteiger partial charge in [0.1, 0.15) is 0 Å². The fourth-order valence-corrected chi connectivity index (χ4v) is 3.38. The predicted octanol–water partition coefficient (Wildman–Crippen LogP) is 0.729. The zero-order chi connectivity index (χ0) is 9.54. The topological polar surface area (TPSA) is 38.5 Å². The van der Waals surface area contributed by atoms with Gasteiger partial charge in [-0.2, -0.15) is 0 Å². The first-order valence-electron chi connectivity index (χ1n) is 5.96. The number of hydrogen-bond acceptors (Lipinski definition) is 3. The van der Waals surface area contributed by atoms with Crippen LogP contribution in [0.15, 0.2) is 0 Å². The summed E-state index contributed by atoms with van der Waals surface area (Å²) in [5, 5.41) is 0. The monoisotopic (exact) mass is 196 g/mol. The molecule has 2 heterocycles. The maximum Gasteiger partial charge on any atom is 0.0718 e. The Labute approximate surface area is 85.6 Å².